The van der Waals surface area contributed by atoms with Gasteiger partial charge in [0.1, 0.15) is 11.6 Å². The summed E-state index contributed by atoms with van der Waals surface area (Å²) in [4.78, 5) is 23.7. The topological polar surface area (TPSA) is 134 Å². The van der Waals surface area contributed by atoms with Gasteiger partial charge in [-0.2, -0.15) is 5.26 Å². The maximum absolute atomic E-state index is 13.2. The van der Waals surface area contributed by atoms with E-state index in [1.807, 2.05) is 12.1 Å². The average molecular weight is 417 g/mol. The van der Waals surface area contributed by atoms with E-state index in [1.165, 1.54) is 25.1 Å². The molecular weight excluding hydrogens is 398 g/mol. The van der Waals surface area contributed by atoms with Gasteiger partial charge in [-0.05, 0) is 31.9 Å². The van der Waals surface area contributed by atoms with Crippen LogP contribution in [0.3, 0.4) is 0 Å². The van der Waals surface area contributed by atoms with Crippen molar-refractivity contribution in [3.05, 3.63) is 91.3 Å². The van der Waals surface area contributed by atoms with Gasteiger partial charge in [-0.15, -0.1) is 10.2 Å². The minimum Gasteiger partial charge on any atom is -0.493 e. The molecule has 0 radical (unpaired) electrons. The monoisotopic (exact) mass is 417 g/mol. The molecule has 1 atom stereocenters. The summed E-state index contributed by atoms with van der Waals surface area (Å²) < 4.78 is 1.09. The van der Waals surface area contributed by atoms with Gasteiger partial charge < -0.3 is 5.11 Å². The molecule has 0 aliphatic carbocycles. The Balaban J connectivity index is 2.19. The summed E-state index contributed by atoms with van der Waals surface area (Å²) in [6, 6.07) is 14.5. The first-order valence-electron chi connectivity index (χ1n) is 9.36. The Morgan fingerprint density at radius 1 is 1.16 bits per heavy atom. The van der Waals surface area contributed by atoms with E-state index in [-0.39, 0.29) is 28.2 Å². The van der Waals surface area contributed by atoms with Crippen molar-refractivity contribution in [2.75, 3.05) is 0 Å². The highest BCUT2D eigenvalue weighted by Gasteiger charge is 2.23. The van der Waals surface area contributed by atoms with Crippen molar-refractivity contribution < 1.29 is 10.0 Å². The second kappa shape index (κ2) is 8.59. The van der Waals surface area contributed by atoms with Crippen LogP contribution in [0.2, 0.25) is 0 Å². The van der Waals surface area contributed by atoms with Gasteiger partial charge in [-0.3, -0.25) is 19.5 Å². The first-order chi connectivity index (χ1) is 14.8. The fourth-order valence-corrected chi connectivity index (χ4v) is 3.19. The number of nitro groups is 1. The molecule has 31 heavy (non-hydrogen) atoms. The number of nitrogens with zero attached hydrogens (tertiary/aromatic N) is 5. The third-order valence-corrected chi connectivity index (χ3v) is 5.05. The number of hydrogen-bond donors (Lipinski definition) is 1. The van der Waals surface area contributed by atoms with Crippen molar-refractivity contribution in [3.8, 4) is 11.9 Å². The van der Waals surface area contributed by atoms with Crippen LogP contribution in [0.1, 0.15) is 35.2 Å². The van der Waals surface area contributed by atoms with Crippen molar-refractivity contribution in [1.82, 2.24) is 4.57 Å². The molecule has 3 aromatic rings. The molecule has 0 amide bonds. The summed E-state index contributed by atoms with van der Waals surface area (Å²) >= 11 is 0. The first-order valence-corrected chi connectivity index (χ1v) is 9.36. The van der Waals surface area contributed by atoms with Crippen LogP contribution in [0.4, 0.5) is 17.1 Å². The van der Waals surface area contributed by atoms with Crippen LogP contribution >= 0.6 is 0 Å². The summed E-state index contributed by atoms with van der Waals surface area (Å²) in [5.41, 5.74) is 0.784. The predicted octanol–water partition coefficient (Wildman–Crippen LogP) is 4.98. The van der Waals surface area contributed by atoms with Gasteiger partial charge in [0.25, 0.3) is 11.2 Å². The molecule has 0 aliphatic heterocycles. The zero-order chi connectivity index (χ0) is 22.7. The van der Waals surface area contributed by atoms with E-state index in [9.17, 15) is 25.3 Å². The first kappa shape index (κ1) is 21.4. The fraction of sp³-hybridized carbons (Fsp3) is 0.182. The maximum Gasteiger partial charge on any atom is 0.282 e. The van der Waals surface area contributed by atoms with E-state index in [2.05, 4.69) is 10.2 Å². The Labute approximate surface area is 177 Å². The number of benzene rings is 2. The number of aryl methyl sites for hydroxylation is 1. The lowest BCUT2D eigenvalue weighted by atomic mass is 10.1. The van der Waals surface area contributed by atoms with Gasteiger partial charge in [0.05, 0.1) is 16.7 Å². The van der Waals surface area contributed by atoms with Crippen molar-refractivity contribution in [2.24, 2.45) is 10.2 Å². The highest BCUT2D eigenvalue weighted by molar-refractivity contribution is 5.58. The van der Waals surface area contributed by atoms with Crippen LogP contribution in [0, 0.1) is 35.3 Å². The van der Waals surface area contributed by atoms with E-state index in [4.69, 9.17) is 0 Å². The third-order valence-electron chi connectivity index (χ3n) is 5.05. The number of hydrogen-bond acceptors (Lipinski definition) is 7. The highest BCUT2D eigenvalue weighted by atomic mass is 16.6. The van der Waals surface area contributed by atoms with Crippen LogP contribution in [-0.2, 0) is 0 Å². The molecule has 0 saturated carbocycles. The molecule has 0 bridgehead atoms. The van der Waals surface area contributed by atoms with Gasteiger partial charge in [-0.1, -0.05) is 36.4 Å². The van der Waals surface area contributed by atoms with Crippen molar-refractivity contribution in [1.29, 1.82) is 5.26 Å². The molecule has 1 N–H and O–H groups in total. The Bertz CT molecular complexity index is 1290. The van der Waals surface area contributed by atoms with Crippen LogP contribution in [0.15, 0.2) is 63.6 Å². The predicted molar refractivity (Wildman–Crippen MR) is 114 cm³/mol. The minimum absolute atomic E-state index is 0.0907. The molecule has 156 valence electrons. The number of aromatic hydroxyl groups is 1. The van der Waals surface area contributed by atoms with Crippen LogP contribution in [0.25, 0.3) is 0 Å². The van der Waals surface area contributed by atoms with E-state index in [0.717, 1.165) is 10.1 Å². The third kappa shape index (κ3) is 4.04. The van der Waals surface area contributed by atoms with Gasteiger partial charge >= 0.3 is 0 Å². The molecule has 0 saturated heterocycles. The highest BCUT2D eigenvalue weighted by Crippen LogP contribution is 2.32. The summed E-state index contributed by atoms with van der Waals surface area (Å²) in [5.74, 6) is -0.452. The molecule has 9 nitrogen and oxygen atoms in total. The molecule has 0 fully saturated rings. The van der Waals surface area contributed by atoms with Gasteiger partial charge in [0.15, 0.2) is 5.69 Å². The van der Waals surface area contributed by atoms with E-state index < -0.39 is 22.4 Å². The van der Waals surface area contributed by atoms with E-state index >= 15 is 0 Å². The van der Waals surface area contributed by atoms with Crippen molar-refractivity contribution in [3.63, 3.8) is 0 Å². The zero-order valence-electron chi connectivity index (χ0n) is 17.1. The second-order valence-electron chi connectivity index (χ2n) is 6.97. The van der Waals surface area contributed by atoms with Crippen molar-refractivity contribution in [2.45, 2.75) is 26.8 Å². The number of nitriles is 1. The smallest absolute Gasteiger partial charge is 0.282 e. The SMILES string of the molecule is Cc1ccc([N+](=O)[O-])cc1N=Nc1c(C)c(C#N)c(O)n(C(C)c2ccccc2)c1=O. The van der Waals surface area contributed by atoms with Crippen LogP contribution in [0.5, 0.6) is 5.88 Å². The number of nitro benzene ring substituents is 1. The Kier molecular flexibility index (Phi) is 5.93. The molecule has 1 unspecified atom stereocenters. The lowest BCUT2D eigenvalue weighted by molar-refractivity contribution is -0.384. The zero-order valence-corrected chi connectivity index (χ0v) is 17.1. The Morgan fingerprint density at radius 3 is 2.45 bits per heavy atom. The lowest BCUT2D eigenvalue weighted by Gasteiger charge is -2.19. The molecule has 2 aromatic carbocycles. The molecule has 9 heteroatoms. The van der Waals surface area contributed by atoms with Crippen molar-refractivity contribution >= 4 is 17.1 Å². The lowest BCUT2D eigenvalue weighted by Crippen LogP contribution is -2.25. The normalized spacial score (nSPS) is 11.9. The molecule has 0 aliphatic rings. The van der Waals surface area contributed by atoms with Gasteiger partial charge in [-0.25, -0.2) is 0 Å². The summed E-state index contributed by atoms with van der Waals surface area (Å²) in [6.45, 7) is 4.92. The largest absolute Gasteiger partial charge is 0.493 e. The van der Waals surface area contributed by atoms with E-state index in [1.54, 1.807) is 38.1 Å². The summed E-state index contributed by atoms with van der Waals surface area (Å²) in [5, 5.41) is 39.3. The second-order valence-corrected chi connectivity index (χ2v) is 6.97. The number of non-ortho nitro benzene ring substituents is 1. The summed E-state index contributed by atoms with van der Waals surface area (Å²) in [7, 11) is 0. The Morgan fingerprint density at radius 2 is 1.84 bits per heavy atom. The average Bonchev–Trinajstić information content (AvgIpc) is 2.75. The molecule has 3 rings (SSSR count). The molecule has 0 spiro atoms. The number of azo groups is 1. The molecule has 1 heterocycles. The van der Waals surface area contributed by atoms with E-state index in [0.29, 0.717) is 5.56 Å². The fourth-order valence-electron chi connectivity index (χ4n) is 3.19. The standard InChI is InChI=1S/C22H19N5O4/c1-13-9-10-17(27(30)31)11-19(13)24-25-20-14(2)18(12-23)21(28)26(22(20)29)15(3)16-7-5-4-6-8-16/h4-11,15,28H,1-3H3. The molecule has 1 aromatic heterocycles. The number of aromatic nitrogens is 1. The van der Waals surface area contributed by atoms with Crippen LogP contribution in [-0.4, -0.2) is 14.6 Å². The summed E-state index contributed by atoms with van der Waals surface area (Å²) in [6.07, 6.45) is 0. The van der Waals surface area contributed by atoms with Crippen LogP contribution < -0.4 is 5.56 Å². The maximum atomic E-state index is 13.2. The number of rotatable bonds is 5. The number of pyridine rings is 1. The Hall–Kier alpha value is -4.32. The quantitative estimate of drug-likeness (QED) is 0.355. The van der Waals surface area contributed by atoms with Gasteiger partial charge in [0.2, 0.25) is 5.88 Å². The minimum atomic E-state index is -0.628. The molecular formula is C22H19N5O4. The van der Waals surface area contributed by atoms with Gasteiger partial charge in [0, 0.05) is 17.7 Å².